The van der Waals surface area contributed by atoms with Crippen LogP contribution in [-0.4, -0.2) is 45.4 Å². The van der Waals surface area contributed by atoms with Gasteiger partial charge >= 0.3 is 0 Å². The van der Waals surface area contributed by atoms with Crippen LogP contribution in [0.15, 0.2) is 0 Å². The van der Waals surface area contributed by atoms with Crippen molar-refractivity contribution in [3.05, 3.63) is 0 Å². The van der Waals surface area contributed by atoms with Crippen LogP contribution in [0.25, 0.3) is 0 Å². The van der Waals surface area contributed by atoms with Crippen LogP contribution in [0.5, 0.6) is 0 Å². The first kappa shape index (κ1) is 17.9. The number of methoxy groups -OCH3 is 1. The molecule has 20 heavy (non-hydrogen) atoms. The van der Waals surface area contributed by atoms with Crippen molar-refractivity contribution in [2.75, 3.05) is 26.9 Å². The van der Waals surface area contributed by atoms with Gasteiger partial charge in [-0.05, 0) is 12.8 Å². The predicted molar refractivity (Wildman–Crippen MR) is 79.9 cm³/mol. The third-order valence-electron chi connectivity index (χ3n) is 3.68. The lowest BCUT2D eigenvalue weighted by Crippen LogP contribution is -2.29. The first-order chi connectivity index (χ1) is 9.81. The highest BCUT2D eigenvalue weighted by atomic mass is 16.7. The molecule has 0 aromatic carbocycles. The van der Waals surface area contributed by atoms with E-state index in [1.54, 1.807) is 7.11 Å². The molecule has 0 saturated carbocycles. The molecule has 0 aliphatic carbocycles. The molecular formula is C16H32O4. The Kier molecular flexibility index (Phi) is 10.3. The topological polar surface area (TPSA) is 36.9 Å². The van der Waals surface area contributed by atoms with Crippen LogP contribution in [0.4, 0.5) is 0 Å². The van der Waals surface area contributed by atoms with Gasteiger partial charge in [0.05, 0.1) is 12.7 Å². The molecule has 3 atom stereocenters. The lowest BCUT2D eigenvalue weighted by atomic mass is 10.2. The second kappa shape index (κ2) is 11.5. The quantitative estimate of drug-likeness (QED) is 0.515. The normalized spacial score (nSPS) is 26.2. The van der Waals surface area contributed by atoms with Crippen molar-refractivity contribution in [1.82, 2.24) is 0 Å². The Morgan fingerprint density at radius 1 is 1.00 bits per heavy atom. The first-order valence-corrected chi connectivity index (χ1v) is 8.19. The van der Waals surface area contributed by atoms with Crippen molar-refractivity contribution >= 4 is 0 Å². The van der Waals surface area contributed by atoms with Gasteiger partial charge in [0.25, 0.3) is 0 Å². The van der Waals surface area contributed by atoms with Crippen LogP contribution in [-0.2, 0) is 18.9 Å². The first-order valence-electron chi connectivity index (χ1n) is 8.19. The fraction of sp³-hybridized carbons (Fsp3) is 1.00. The Morgan fingerprint density at radius 2 is 1.70 bits per heavy atom. The fourth-order valence-corrected chi connectivity index (χ4v) is 2.39. The molecule has 1 fully saturated rings. The second-order valence-electron chi connectivity index (χ2n) is 5.47. The summed E-state index contributed by atoms with van der Waals surface area (Å²) in [5.41, 5.74) is 0. The average molecular weight is 288 g/mol. The van der Waals surface area contributed by atoms with Gasteiger partial charge in [-0.3, -0.25) is 0 Å². The zero-order chi connectivity index (χ0) is 14.6. The summed E-state index contributed by atoms with van der Waals surface area (Å²) in [5.74, 6) is 0. The fourth-order valence-electron chi connectivity index (χ4n) is 2.39. The van der Waals surface area contributed by atoms with Crippen LogP contribution in [0.3, 0.4) is 0 Å². The predicted octanol–water partition coefficient (Wildman–Crippen LogP) is 3.53. The lowest BCUT2D eigenvalue weighted by molar-refractivity contribution is -0.135. The van der Waals surface area contributed by atoms with E-state index in [4.69, 9.17) is 18.9 Å². The van der Waals surface area contributed by atoms with E-state index in [1.165, 1.54) is 25.7 Å². The van der Waals surface area contributed by atoms with Crippen LogP contribution in [0, 0.1) is 0 Å². The molecule has 1 rings (SSSR count). The van der Waals surface area contributed by atoms with Crippen molar-refractivity contribution in [2.24, 2.45) is 0 Å². The van der Waals surface area contributed by atoms with Gasteiger partial charge in [0.15, 0.2) is 6.29 Å². The highest BCUT2D eigenvalue weighted by molar-refractivity contribution is 4.79. The summed E-state index contributed by atoms with van der Waals surface area (Å²) >= 11 is 0. The van der Waals surface area contributed by atoms with Crippen molar-refractivity contribution in [2.45, 2.75) is 77.3 Å². The monoisotopic (exact) mass is 288 g/mol. The molecule has 1 aliphatic rings. The largest absolute Gasteiger partial charge is 0.379 e. The zero-order valence-corrected chi connectivity index (χ0v) is 13.4. The van der Waals surface area contributed by atoms with E-state index in [1.807, 2.05) is 0 Å². The number of hydrogen-bond donors (Lipinski definition) is 0. The van der Waals surface area contributed by atoms with Gasteiger partial charge in [0.2, 0.25) is 0 Å². The molecule has 0 N–H and O–H groups in total. The molecule has 0 radical (unpaired) electrons. The van der Waals surface area contributed by atoms with Crippen LogP contribution < -0.4 is 0 Å². The highest BCUT2D eigenvalue weighted by Crippen LogP contribution is 2.24. The van der Waals surface area contributed by atoms with Crippen molar-refractivity contribution in [3.8, 4) is 0 Å². The average Bonchev–Trinajstić information content (AvgIpc) is 2.86. The van der Waals surface area contributed by atoms with E-state index in [0.29, 0.717) is 6.61 Å². The van der Waals surface area contributed by atoms with Gasteiger partial charge in [0, 0.05) is 26.7 Å². The van der Waals surface area contributed by atoms with E-state index >= 15 is 0 Å². The molecule has 1 saturated heterocycles. The van der Waals surface area contributed by atoms with Crippen LogP contribution in [0.2, 0.25) is 0 Å². The minimum atomic E-state index is -0.143. The maximum absolute atomic E-state index is 5.94. The second-order valence-corrected chi connectivity index (χ2v) is 5.47. The molecule has 1 aliphatic heterocycles. The van der Waals surface area contributed by atoms with E-state index in [9.17, 15) is 0 Å². The Hall–Kier alpha value is -0.160. The molecule has 0 amide bonds. The third-order valence-corrected chi connectivity index (χ3v) is 3.68. The molecule has 4 nitrogen and oxygen atoms in total. The summed E-state index contributed by atoms with van der Waals surface area (Å²) in [6.07, 6.45) is 7.93. The van der Waals surface area contributed by atoms with Crippen molar-refractivity contribution < 1.29 is 18.9 Å². The van der Waals surface area contributed by atoms with E-state index in [-0.39, 0.29) is 18.5 Å². The maximum Gasteiger partial charge on any atom is 0.160 e. The molecular weight excluding hydrogens is 256 g/mol. The Labute approximate surface area is 124 Å². The summed E-state index contributed by atoms with van der Waals surface area (Å²) in [6.45, 7) is 6.64. The van der Waals surface area contributed by atoms with Crippen LogP contribution >= 0.6 is 0 Å². The summed E-state index contributed by atoms with van der Waals surface area (Å²) < 4.78 is 22.8. The summed E-state index contributed by atoms with van der Waals surface area (Å²) in [4.78, 5) is 0. The Bertz CT molecular complexity index is 223. The molecule has 120 valence electrons. The summed E-state index contributed by atoms with van der Waals surface area (Å²) in [6, 6.07) is 0. The highest BCUT2D eigenvalue weighted by Gasteiger charge is 2.36. The number of ether oxygens (including phenoxy) is 4. The molecule has 0 spiro atoms. The van der Waals surface area contributed by atoms with E-state index in [2.05, 4.69) is 13.8 Å². The Balaban J connectivity index is 2.21. The van der Waals surface area contributed by atoms with Crippen molar-refractivity contribution in [1.29, 1.82) is 0 Å². The van der Waals surface area contributed by atoms with Gasteiger partial charge in [-0.25, -0.2) is 0 Å². The molecule has 0 bridgehead atoms. The molecule has 1 unspecified atom stereocenters. The minimum absolute atomic E-state index is 0.0169. The standard InChI is InChI=1S/C16H32O4/c1-4-6-8-10-18-13-15-14(12-16(17-3)20-15)19-11-9-7-5-2/h14-16H,4-13H2,1-3H3/t14-,15+,16?/m0/s1. The lowest BCUT2D eigenvalue weighted by Gasteiger charge is -2.19. The van der Waals surface area contributed by atoms with E-state index < -0.39 is 0 Å². The zero-order valence-electron chi connectivity index (χ0n) is 13.4. The number of rotatable bonds is 12. The van der Waals surface area contributed by atoms with Crippen molar-refractivity contribution in [3.63, 3.8) is 0 Å². The smallest absolute Gasteiger partial charge is 0.160 e. The molecule has 0 aromatic rings. The van der Waals surface area contributed by atoms with E-state index in [0.717, 1.165) is 32.5 Å². The SMILES string of the molecule is CCCCCOC[C@H]1OC(OC)C[C@@H]1OCCCCC. The van der Waals surface area contributed by atoms with Gasteiger partial charge in [-0.15, -0.1) is 0 Å². The van der Waals surface area contributed by atoms with Gasteiger partial charge in [-0.2, -0.15) is 0 Å². The molecule has 1 heterocycles. The summed E-state index contributed by atoms with van der Waals surface area (Å²) in [5, 5.41) is 0. The summed E-state index contributed by atoms with van der Waals surface area (Å²) in [7, 11) is 1.68. The van der Waals surface area contributed by atoms with Crippen LogP contribution in [0.1, 0.15) is 58.8 Å². The number of unbranched alkanes of at least 4 members (excludes halogenated alkanes) is 4. The molecule has 4 heteroatoms. The minimum Gasteiger partial charge on any atom is -0.379 e. The van der Waals surface area contributed by atoms with Gasteiger partial charge in [0.1, 0.15) is 6.10 Å². The van der Waals surface area contributed by atoms with Gasteiger partial charge < -0.3 is 18.9 Å². The maximum atomic E-state index is 5.94. The Morgan fingerprint density at radius 3 is 2.35 bits per heavy atom. The third kappa shape index (κ3) is 7.02. The molecule has 0 aromatic heterocycles. The number of hydrogen-bond acceptors (Lipinski definition) is 4. The van der Waals surface area contributed by atoms with Gasteiger partial charge in [-0.1, -0.05) is 39.5 Å².